The molecule has 1 aliphatic heterocycles. The molecular formula is C12H16N6S2. The van der Waals surface area contributed by atoms with Crippen molar-refractivity contribution in [2.75, 3.05) is 31.1 Å². The topological polar surface area (TPSA) is 50.1 Å². The third-order valence-electron chi connectivity index (χ3n) is 3.25. The zero-order chi connectivity index (χ0) is 13.9. The van der Waals surface area contributed by atoms with E-state index in [9.17, 15) is 0 Å². The van der Waals surface area contributed by atoms with Crippen LogP contribution in [0.15, 0.2) is 18.5 Å². The van der Waals surface area contributed by atoms with Crippen LogP contribution in [0.2, 0.25) is 0 Å². The molecule has 20 heavy (non-hydrogen) atoms. The number of piperazine rings is 1. The molecule has 0 spiro atoms. The maximum Gasteiger partial charge on any atom is 0.225 e. The van der Waals surface area contributed by atoms with Gasteiger partial charge < -0.3 is 4.90 Å². The standard InChI is InChI=1S/C12H16N6S2/c1-10-15-18(12(19)20-10)9-16-5-7-17(8-6-16)11-13-3-2-4-14-11/h2-4H,5-9H2,1H3. The molecule has 0 aliphatic carbocycles. The van der Waals surface area contributed by atoms with Gasteiger partial charge in [0.05, 0.1) is 6.67 Å². The van der Waals surface area contributed by atoms with E-state index in [1.165, 1.54) is 0 Å². The van der Waals surface area contributed by atoms with E-state index in [1.807, 2.05) is 17.7 Å². The summed E-state index contributed by atoms with van der Waals surface area (Å²) in [6.45, 7) is 6.56. The first-order chi connectivity index (χ1) is 9.72. The highest BCUT2D eigenvalue weighted by atomic mass is 32.1. The number of aromatic nitrogens is 4. The summed E-state index contributed by atoms with van der Waals surface area (Å²) in [5.74, 6) is 0.813. The Morgan fingerprint density at radius 3 is 2.50 bits per heavy atom. The van der Waals surface area contributed by atoms with Crippen molar-refractivity contribution in [3.05, 3.63) is 27.4 Å². The van der Waals surface area contributed by atoms with Crippen LogP contribution in [0, 0.1) is 10.9 Å². The van der Waals surface area contributed by atoms with Crippen LogP contribution in [-0.4, -0.2) is 50.8 Å². The van der Waals surface area contributed by atoms with E-state index in [0.717, 1.165) is 47.8 Å². The number of nitrogens with zero attached hydrogens (tertiary/aromatic N) is 6. The van der Waals surface area contributed by atoms with Gasteiger partial charge in [-0.05, 0) is 25.2 Å². The summed E-state index contributed by atoms with van der Waals surface area (Å²) in [6.07, 6.45) is 3.57. The van der Waals surface area contributed by atoms with E-state index in [4.69, 9.17) is 12.2 Å². The van der Waals surface area contributed by atoms with Crippen LogP contribution in [0.3, 0.4) is 0 Å². The lowest BCUT2D eigenvalue weighted by atomic mass is 10.3. The van der Waals surface area contributed by atoms with E-state index < -0.39 is 0 Å². The van der Waals surface area contributed by atoms with Crippen molar-refractivity contribution in [1.82, 2.24) is 24.6 Å². The first-order valence-electron chi connectivity index (χ1n) is 6.51. The first kappa shape index (κ1) is 13.6. The lowest BCUT2D eigenvalue weighted by molar-refractivity contribution is 0.194. The van der Waals surface area contributed by atoms with Gasteiger partial charge in [-0.3, -0.25) is 4.90 Å². The Morgan fingerprint density at radius 2 is 1.90 bits per heavy atom. The van der Waals surface area contributed by atoms with Gasteiger partial charge in [0.15, 0.2) is 3.95 Å². The molecule has 1 fully saturated rings. The van der Waals surface area contributed by atoms with Gasteiger partial charge in [-0.2, -0.15) is 5.10 Å². The zero-order valence-corrected chi connectivity index (χ0v) is 12.9. The van der Waals surface area contributed by atoms with Crippen molar-refractivity contribution < 1.29 is 0 Å². The second-order valence-corrected chi connectivity index (χ2v) is 6.51. The van der Waals surface area contributed by atoms with Crippen molar-refractivity contribution in [1.29, 1.82) is 0 Å². The normalized spacial score (nSPS) is 16.6. The van der Waals surface area contributed by atoms with E-state index in [-0.39, 0.29) is 0 Å². The van der Waals surface area contributed by atoms with Crippen LogP contribution >= 0.6 is 23.6 Å². The molecule has 6 nitrogen and oxygen atoms in total. The van der Waals surface area contributed by atoms with Crippen LogP contribution in [-0.2, 0) is 6.67 Å². The minimum absolute atomic E-state index is 0.770. The predicted molar refractivity (Wildman–Crippen MR) is 81.5 cm³/mol. The van der Waals surface area contributed by atoms with Gasteiger partial charge in [0.2, 0.25) is 5.95 Å². The van der Waals surface area contributed by atoms with Gasteiger partial charge in [0.25, 0.3) is 0 Å². The molecule has 3 rings (SSSR count). The van der Waals surface area contributed by atoms with Gasteiger partial charge in [0, 0.05) is 38.6 Å². The first-order valence-corrected chi connectivity index (χ1v) is 7.74. The third kappa shape index (κ3) is 3.02. The summed E-state index contributed by atoms with van der Waals surface area (Å²) in [5.41, 5.74) is 0. The van der Waals surface area contributed by atoms with Gasteiger partial charge in [0.1, 0.15) is 5.01 Å². The Balaban J connectivity index is 1.59. The molecule has 0 N–H and O–H groups in total. The van der Waals surface area contributed by atoms with Crippen molar-refractivity contribution >= 4 is 29.5 Å². The molecule has 0 radical (unpaired) electrons. The maximum absolute atomic E-state index is 5.30. The molecule has 2 aromatic rings. The van der Waals surface area contributed by atoms with E-state index >= 15 is 0 Å². The largest absolute Gasteiger partial charge is 0.338 e. The zero-order valence-electron chi connectivity index (χ0n) is 11.3. The Labute approximate surface area is 126 Å². The smallest absolute Gasteiger partial charge is 0.225 e. The number of anilines is 1. The SMILES string of the molecule is Cc1nn(CN2CCN(c3ncccn3)CC2)c(=S)s1. The van der Waals surface area contributed by atoms with Crippen LogP contribution in [0.1, 0.15) is 5.01 Å². The average Bonchev–Trinajstić information content (AvgIpc) is 2.79. The molecule has 1 saturated heterocycles. The number of hydrogen-bond acceptors (Lipinski definition) is 7. The molecule has 0 amide bonds. The molecular weight excluding hydrogens is 292 g/mol. The van der Waals surface area contributed by atoms with Crippen molar-refractivity contribution in [2.24, 2.45) is 0 Å². The fourth-order valence-corrected chi connectivity index (χ4v) is 3.29. The minimum atomic E-state index is 0.770. The summed E-state index contributed by atoms with van der Waals surface area (Å²) in [7, 11) is 0. The Bertz CT molecular complexity index is 614. The second kappa shape index (κ2) is 5.94. The van der Waals surface area contributed by atoms with Gasteiger partial charge in [-0.15, -0.1) is 0 Å². The predicted octanol–water partition coefficient (Wildman–Crippen LogP) is 1.55. The minimum Gasteiger partial charge on any atom is -0.338 e. The van der Waals surface area contributed by atoms with Gasteiger partial charge in [-0.25, -0.2) is 14.6 Å². The van der Waals surface area contributed by atoms with Crippen molar-refractivity contribution in [3.63, 3.8) is 0 Å². The second-order valence-electron chi connectivity index (χ2n) is 4.68. The Kier molecular flexibility index (Phi) is 4.04. The van der Waals surface area contributed by atoms with Crippen molar-refractivity contribution in [2.45, 2.75) is 13.6 Å². The van der Waals surface area contributed by atoms with Gasteiger partial charge >= 0.3 is 0 Å². The lowest BCUT2D eigenvalue weighted by Gasteiger charge is -2.34. The summed E-state index contributed by atoms with van der Waals surface area (Å²) in [6, 6.07) is 1.84. The summed E-state index contributed by atoms with van der Waals surface area (Å²) < 4.78 is 2.75. The number of aryl methyl sites for hydroxylation is 1. The molecule has 0 aromatic carbocycles. The third-order valence-corrected chi connectivity index (χ3v) is 4.47. The fraction of sp³-hybridized carbons (Fsp3) is 0.500. The van der Waals surface area contributed by atoms with E-state index in [1.54, 1.807) is 23.7 Å². The van der Waals surface area contributed by atoms with E-state index in [2.05, 4.69) is 24.9 Å². The molecule has 3 heterocycles. The fourth-order valence-electron chi connectivity index (χ4n) is 2.23. The highest BCUT2D eigenvalue weighted by Crippen LogP contribution is 2.12. The molecule has 0 saturated carbocycles. The van der Waals surface area contributed by atoms with Crippen LogP contribution in [0.25, 0.3) is 0 Å². The Hall–Kier alpha value is -1.38. The monoisotopic (exact) mass is 308 g/mol. The Morgan fingerprint density at radius 1 is 1.20 bits per heavy atom. The molecule has 8 heteroatoms. The molecule has 0 unspecified atom stereocenters. The van der Waals surface area contributed by atoms with Crippen LogP contribution in [0.5, 0.6) is 0 Å². The molecule has 1 aliphatic rings. The highest BCUT2D eigenvalue weighted by molar-refractivity contribution is 7.73. The average molecular weight is 308 g/mol. The maximum atomic E-state index is 5.30. The van der Waals surface area contributed by atoms with Crippen LogP contribution in [0.4, 0.5) is 5.95 Å². The molecule has 0 atom stereocenters. The summed E-state index contributed by atoms with van der Waals surface area (Å²) in [5, 5.41) is 5.45. The quantitative estimate of drug-likeness (QED) is 0.802. The van der Waals surface area contributed by atoms with Crippen LogP contribution < -0.4 is 4.90 Å². The molecule has 0 bridgehead atoms. The van der Waals surface area contributed by atoms with Gasteiger partial charge in [-0.1, -0.05) is 11.3 Å². The lowest BCUT2D eigenvalue weighted by Crippen LogP contribution is -2.47. The highest BCUT2D eigenvalue weighted by Gasteiger charge is 2.19. The van der Waals surface area contributed by atoms with Crippen molar-refractivity contribution in [3.8, 4) is 0 Å². The molecule has 2 aromatic heterocycles. The van der Waals surface area contributed by atoms with E-state index in [0.29, 0.717) is 0 Å². The number of hydrogen-bond donors (Lipinski definition) is 0. The summed E-state index contributed by atoms with van der Waals surface area (Å²) >= 11 is 6.87. The number of rotatable bonds is 3. The molecule has 106 valence electrons. The summed E-state index contributed by atoms with van der Waals surface area (Å²) in [4.78, 5) is 13.2.